The van der Waals surface area contributed by atoms with E-state index in [-0.39, 0.29) is 11.5 Å². The number of nitro benzene ring substituents is 1. The topological polar surface area (TPSA) is 126 Å². The van der Waals surface area contributed by atoms with Crippen molar-refractivity contribution in [2.24, 2.45) is 0 Å². The summed E-state index contributed by atoms with van der Waals surface area (Å²) < 4.78 is 20.9. The van der Waals surface area contributed by atoms with Crippen LogP contribution in [0.3, 0.4) is 0 Å². The van der Waals surface area contributed by atoms with Crippen LogP contribution < -0.4 is 19.5 Å². The highest BCUT2D eigenvalue weighted by Crippen LogP contribution is 2.35. The molecule has 0 spiro atoms. The molecule has 3 aromatic carbocycles. The molecule has 0 heterocycles. The first-order chi connectivity index (χ1) is 16.4. The Morgan fingerprint density at radius 3 is 2.18 bits per heavy atom. The molecule has 1 atom stereocenters. The fourth-order valence-electron chi connectivity index (χ4n) is 3.16. The fraction of sp³-hybridized carbons (Fsp3) is 0.167. The first-order valence-electron chi connectivity index (χ1n) is 9.99. The number of hydrogen-bond donors (Lipinski definition) is 1. The molecule has 0 bridgehead atoms. The summed E-state index contributed by atoms with van der Waals surface area (Å²) in [5.41, 5.74) is -0.154. The molecular weight excluding hydrogens is 444 g/mol. The van der Waals surface area contributed by atoms with E-state index in [1.54, 1.807) is 54.6 Å². The number of nitrogens with one attached hydrogen (secondary N) is 1. The molecule has 0 aromatic heterocycles. The van der Waals surface area contributed by atoms with Gasteiger partial charge in [-0.3, -0.25) is 14.9 Å². The average molecular weight is 466 g/mol. The fourth-order valence-corrected chi connectivity index (χ4v) is 3.16. The third kappa shape index (κ3) is 5.41. The van der Waals surface area contributed by atoms with Crippen molar-refractivity contribution in [1.82, 2.24) is 0 Å². The molecule has 3 rings (SSSR count). The minimum absolute atomic E-state index is 0.0705. The van der Waals surface area contributed by atoms with Crippen LogP contribution >= 0.6 is 0 Å². The quantitative estimate of drug-likeness (QED) is 0.283. The van der Waals surface area contributed by atoms with Crippen LogP contribution in [0.5, 0.6) is 17.2 Å². The minimum atomic E-state index is -1.40. The highest BCUT2D eigenvalue weighted by molar-refractivity contribution is 6.00. The van der Waals surface area contributed by atoms with Crippen molar-refractivity contribution in [3.8, 4) is 17.2 Å². The lowest BCUT2D eigenvalue weighted by Crippen LogP contribution is -2.26. The summed E-state index contributed by atoms with van der Waals surface area (Å²) in [6, 6.07) is 17.1. The van der Waals surface area contributed by atoms with Crippen LogP contribution in [0, 0.1) is 10.1 Å². The summed E-state index contributed by atoms with van der Waals surface area (Å²) in [6.45, 7) is 0. The van der Waals surface area contributed by atoms with Gasteiger partial charge in [0.2, 0.25) is 6.10 Å². The van der Waals surface area contributed by atoms with Crippen molar-refractivity contribution in [3.63, 3.8) is 0 Å². The number of methoxy groups -OCH3 is 3. The third-order valence-corrected chi connectivity index (χ3v) is 4.82. The molecule has 1 unspecified atom stereocenters. The van der Waals surface area contributed by atoms with Gasteiger partial charge in [0.25, 0.3) is 11.6 Å². The Bertz CT molecular complexity index is 1200. The first kappa shape index (κ1) is 24.1. The van der Waals surface area contributed by atoms with Gasteiger partial charge in [-0.1, -0.05) is 36.4 Å². The molecule has 0 saturated carbocycles. The number of amides is 1. The zero-order valence-corrected chi connectivity index (χ0v) is 18.6. The van der Waals surface area contributed by atoms with Gasteiger partial charge in [-0.05, 0) is 12.1 Å². The summed E-state index contributed by atoms with van der Waals surface area (Å²) in [6.07, 6.45) is -1.40. The Balaban J connectivity index is 1.96. The van der Waals surface area contributed by atoms with Gasteiger partial charge in [-0.25, -0.2) is 4.79 Å². The summed E-state index contributed by atoms with van der Waals surface area (Å²) >= 11 is 0. The van der Waals surface area contributed by atoms with Gasteiger partial charge in [-0.2, -0.15) is 0 Å². The van der Waals surface area contributed by atoms with Crippen LogP contribution in [0.2, 0.25) is 0 Å². The van der Waals surface area contributed by atoms with E-state index >= 15 is 0 Å². The molecule has 10 nitrogen and oxygen atoms in total. The normalized spacial score (nSPS) is 11.1. The Morgan fingerprint density at radius 1 is 0.882 bits per heavy atom. The molecule has 10 heteroatoms. The van der Waals surface area contributed by atoms with Gasteiger partial charge in [0.15, 0.2) is 11.5 Å². The molecule has 1 N–H and O–H groups in total. The number of esters is 1. The van der Waals surface area contributed by atoms with Gasteiger partial charge in [0.1, 0.15) is 11.3 Å². The molecule has 0 fully saturated rings. The van der Waals surface area contributed by atoms with Crippen LogP contribution in [0.4, 0.5) is 11.4 Å². The van der Waals surface area contributed by atoms with E-state index in [9.17, 15) is 19.7 Å². The smallest absolute Gasteiger partial charge is 0.346 e. The lowest BCUT2D eigenvalue weighted by atomic mass is 10.1. The standard InChI is InChI=1S/C24H22N2O8/c1-31-17-11-7-10-16(12-17)25-23(27)22(15-8-5-4-6-9-15)34-24(28)18-13-20(32-2)21(33-3)14-19(18)26(29)30/h4-14,22H,1-3H3,(H,25,27). The van der Waals surface area contributed by atoms with Gasteiger partial charge < -0.3 is 24.3 Å². The van der Waals surface area contributed by atoms with E-state index in [0.29, 0.717) is 17.0 Å². The van der Waals surface area contributed by atoms with Crippen LogP contribution in [-0.4, -0.2) is 38.1 Å². The zero-order valence-electron chi connectivity index (χ0n) is 18.6. The maximum absolute atomic E-state index is 13.1. The van der Waals surface area contributed by atoms with Crippen LogP contribution in [0.25, 0.3) is 0 Å². The predicted octanol–water partition coefficient (Wildman–Crippen LogP) is 4.16. The molecule has 176 valence electrons. The van der Waals surface area contributed by atoms with Gasteiger partial charge in [-0.15, -0.1) is 0 Å². The van der Waals surface area contributed by atoms with Gasteiger partial charge >= 0.3 is 5.97 Å². The first-order valence-corrected chi connectivity index (χ1v) is 9.99. The second-order valence-corrected chi connectivity index (χ2v) is 6.90. The Kier molecular flexibility index (Phi) is 7.65. The number of carbonyl (C=O) groups is 2. The van der Waals surface area contributed by atoms with E-state index in [1.165, 1.54) is 21.3 Å². The largest absolute Gasteiger partial charge is 0.497 e. The van der Waals surface area contributed by atoms with E-state index in [1.807, 2.05) is 0 Å². The number of carbonyl (C=O) groups excluding carboxylic acids is 2. The Hall–Kier alpha value is -4.60. The number of nitro groups is 1. The third-order valence-electron chi connectivity index (χ3n) is 4.82. The van der Waals surface area contributed by atoms with E-state index in [4.69, 9.17) is 18.9 Å². The van der Waals surface area contributed by atoms with Gasteiger partial charge in [0, 0.05) is 23.4 Å². The number of nitrogens with zero attached hydrogens (tertiary/aromatic N) is 1. The lowest BCUT2D eigenvalue weighted by Gasteiger charge is -2.19. The van der Waals surface area contributed by atoms with Gasteiger partial charge in [0.05, 0.1) is 32.3 Å². The van der Waals surface area contributed by atoms with Crippen LogP contribution in [0.15, 0.2) is 66.7 Å². The average Bonchev–Trinajstić information content (AvgIpc) is 2.86. The monoisotopic (exact) mass is 466 g/mol. The highest BCUT2D eigenvalue weighted by Gasteiger charge is 2.31. The molecule has 0 aliphatic carbocycles. The van der Waals surface area contributed by atoms with E-state index in [0.717, 1.165) is 12.1 Å². The predicted molar refractivity (Wildman–Crippen MR) is 122 cm³/mol. The van der Waals surface area contributed by atoms with Crippen molar-refractivity contribution in [2.45, 2.75) is 6.10 Å². The zero-order chi connectivity index (χ0) is 24.7. The van der Waals surface area contributed by atoms with E-state index in [2.05, 4.69) is 5.32 Å². The second-order valence-electron chi connectivity index (χ2n) is 6.90. The molecule has 0 aliphatic heterocycles. The summed E-state index contributed by atoms with van der Waals surface area (Å²) in [5, 5.41) is 14.3. The van der Waals surface area contributed by atoms with Crippen molar-refractivity contribution in [1.29, 1.82) is 0 Å². The molecule has 0 saturated heterocycles. The molecule has 1 amide bonds. The number of anilines is 1. The highest BCUT2D eigenvalue weighted by atomic mass is 16.6. The van der Waals surface area contributed by atoms with Crippen molar-refractivity contribution in [3.05, 3.63) is 88.0 Å². The summed E-state index contributed by atoms with van der Waals surface area (Å²) in [5.74, 6) is -1.05. The van der Waals surface area contributed by atoms with E-state index < -0.39 is 34.2 Å². The maximum atomic E-state index is 13.1. The lowest BCUT2D eigenvalue weighted by molar-refractivity contribution is -0.385. The number of rotatable bonds is 9. The molecule has 0 aliphatic rings. The Labute approximate surface area is 195 Å². The molecule has 34 heavy (non-hydrogen) atoms. The Morgan fingerprint density at radius 2 is 1.56 bits per heavy atom. The maximum Gasteiger partial charge on any atom is 0.346 e. The second kappa shape index (κ2) is 10.8. The molecule has 0 radical (unpaired) electrons. The minimum Gasteiger partial charge on any atom is -0.497 e. The SMILES string of the molecule is COc1cccc(NC(=O)C(OC(=O)c2cc(OC)c(OC)cc2[N+](=O)[O-])c2ccccc2)c1. The van der Waals surface area contributed by atoms with Crippen LogP contribution in [-0.2, 0) is 9.53 Å². The van der Waals surface area contributed by atoms with Crippen LogP contribution in [0.1, 0.15) is 22.0 Å². The summed E-state index contributed by atoms with van der Waals surface area (Å²) in [4.78, 5) is 37.0. The summed E-state index contributed by atoms with van der Waals surface area (Å²) in [7, 11) is 4.13. The number of ether oxygens (including phenoxy) is 4. The van der Waals surface area contributed by atoms with Crippen molar-refractivity contribution in [2.75, 3.05) is 26.6 Å². The molecule has 3 aromatic rings. The van der Waals surface area contributed by atoms with Crippen molar-refractivity contribution < 1.29 is 33.5 Å². The molecular formula is C24H22N2O8. The number of benzene rings is 3. The van der Waals surface area contributed by atoms with Crippen molar-refractivity contribution >= 4 is 23.3 Å². The number of hydrogen-bond acceptors (Lipinski definition) is 8.